The van der Waals surface area contributed by atoms with Crippen molar-refractivity contribution in [1.82, 2.24) is 0 Å². The highest BCUT2D eigenvalue weighted by molar-refractivity contribution is 7.19. The van der Waals surface area contributed by atoms with Gasteiger partial charge in [0.15, 0.2) is 0 Å². The van der Waals surface area contributed by atoms with Gasteiger partial charge in [-0.05, 0) is 54.1 Å². The molecule has 0 fully saturated rings. The maximum atomic E-state index is 8.49. The van der Waals surface area contributed by atoms with Crippen LogP contribution in [0.5, 0.6) is 0 Å². The lowest BCUT2D eigenvalue weighted by Gasteiger charge is -2.17. The first-order valence-electron chi connectivity index (χ1n) is 8.97. The van der Waals surface area contributed by atoms with Gasteiger partial charge in [-0.25, -0.2) is 18.6 Å². The van der Waals surface area contributed by atoms with E-state index in [9.17, 15) is 0 Å². The Balaban J connectivity index is 0.000000523. The van der Waals surface area contributed by atoms with Crippen LogP contribution in [0, 0.1) is 10.2 Å². The van der Waals surface area contributed by atoms with Crippen molar-refractivity contribution in [1.29, 1.82) is 0 Å². The monoisotopic (exact) mass is 526 g/mol. The van der Waals surface area contributed by atoms with E-state index in [0.29, 0.717) is 5.02 Å². The molecule has 4 nitrogen and oxygen atoms in total. The van der Waals surface area contributed by atoms with Crippen LogP contribution in [0.2, 0.25) is 15.1 Å². The Morgan fingerprint density at radius 3 is 1.56 bits per heavy atom. The summed E-state index contributed by atoms with van der Waals surface area (Å²) in [6.45, 7) is 0. The lowest BCUT2D eigenvalue weighted by molar-refractivity contribution is -2.00. The Kier molecular flexibility index (Phi) is 8.47. The van der Waals surface area contributed by atoms with Crippen molar-refractivity contribution in [3.05, 3.63) is 100.0 Å². The number of rotatable bonds is 3. The zero-order valence-electron chi connectivity index (χ0n) is 16.1. The van der Waals surface area contributed by atoms with Crippen LogP contribution in [0.15, 0.2) is 84.9 Å². The van der Waals surface area contributed by atoms with Crippen molar-refractivity contribution in [2.24, 2.45) is 0 Å². The van der Waals surface area contributed by atoms with Gasteiger partial charge in [-0.2, -0.15) is 0 Å². The normalized spacial score (nSPS) is 11.0. The molecule has 0 N–H and O–H groups in total. The van der Waals surface area contributed by atoms with E-state index >= 15 is 0 Å². The van der Waals surface area contributed by atoms with Gasteiger partial charge in [0, 0.05) is 32.8 Å². The summed E-state index contributed by atoms with van der Waals surface area (Å²) in [4.78, 5) is 2.14. The summed E-state index contributed by atoms with van der Waals surface area (Å²) in [5.74, 6) is 0. The van der Waals surface area contributed by atoms with Crippen LogP contribution in [0.25, 0.3) is 32.0 Å². The minimum atomic E-state index is -4.94. The molecule has 0 atom stereocenters. The van der Waals surface area contributed by atoms with Crippen LogP contribution in [-0.2, 0) is 0 Å². The third-order valence-corrected chi connectivity index (χ3v) is 6.47. The standard InChI is InChI=1S/C23H14Cl3S.ClHO4/c24-18-10-6-16(7-11-18)21-14-20(15-4-2-1-3-5-15)22(26)23(27-21)17-8-12-19(25)13-9-17;2-1(3,4)5/h1-14H;(H,2,3,4,5)/q+1;/p-1. The minimum Gasteiger partial charge on any atom is -0.222 e. The van der Waals surface area contributed by atoms with Gasteiger partial charge in [-0.1, -0.05) is 65.1 Å². The quantitative estimate of drug-likeness (QED) is 0.372. The van der Waals surface area contributed by atoms with Gasteiger partial charge in [-0.3, -0.25) is 0 Å². The van der Waals surface area contributed by atoms with Crippen molar-refractivity contribution in [2.45, 2.75) is 0 Å². The largest absolute Gasteiger partial charge is 0.257 e. The number of halogens is 4. The molecule has 0 aliphatic rings. The fraction of sp³-hybridized carbons (Fsp3) is 0. The van der Waals surface area contributed by atoms with Gasteiger partial charge in [0.25, 0.3) is 4.88 Å². The Bertz CT molecular complexity index is 1170. The minimum absolute atomic E-state index is 0.706. The molecule has 0 radical (unpaired) electrons. The summed E-state index contributed by atoms with van der Waals surface area (Å²) in [7, 11) is -4.94. The Morgan fingerprint density at radius 1 is 0.594 bits per heavy atom. The summed E-state index contributed by atoms with van der Waals surface area (Å²) in [5.41, 5.74) is 4.24. The average molecular weight is 528 g/mol. The molecule has 0 bridgehead atoms. The molecule has 1 aromatic heterocycles. The SMILES string of the molecule is Clc1ccc(-c2cc(-c3ccccc3)c(Cl)c(-c3ccc(Cl)cc3)[s+]2)cc1.[O-][Cl+3]([O-])([O-])[O-]. The van der Waals surface area contributed by atoms with Gasteiger partial charge in [0.05, 0.1) is 0 Å². The topological polar surface area (TPSA) is 92.2 Å². The molecular weight excluding hydrogens is 514 g/mol. The number of benzene rings is 3. The van der Waals surface area contributed by atoms with Crippen LogP contribution in [0.4, 0.5) is 0 Å². The first-order chi connectivity index (χ1) is 15.1. The molecule has 0 aliphatic carbocycles. The number of hydrogen-bond donors (Lipinski definition) is 0. The van der Waals surface area contributed by atoms with E-state index in [-0.39, 0.29) is 0 Å². The molecule has 9 heteroatoms. The van der Waals surface area contributed by atoms with Gasteiger partial charge in [-0.15, -0.1) is 10.2 Å². The first-order valence-corrected chi connectivity index (χ1v) is 12.2. The van der Waals surface area contributed by atoms with Crippen molar-refractivity contribution in [3.8, 4) is 32.0 Å². The van der Waals surface area contributed by atoms with Crippen LogP contribution in [0.1, 0.15) is 0 Å². The van der Waals surface area contributed by atoms with Crippen LogP contribution in [-0.4, -0.2) is 0 Å². The lowest BCUT2D eigenvalue weighted by Crippen LogP contribution is -2.68. The fourth-order valence-corrected chi connectivity index (χ4v) is 4.62. The molecule has 0 spiro atoms. The maximum absolute atomic E-state index is 8.49. The molecule has 0 unspecified atom stereocenters. The van der Waals surface area contributed by atoms with Gasteiger partial charge in [0.2, 0.25) is 16.2 Å². The highest BCUT2D eigenvalue weighted by Gasteiger charge is 2.25. The van der Waals surface area contributed by atoms with Crippen molar-refractivity contribution in [2.75, 3.05) is 0 Å². The van der Waals surface area contributed by atoms with E-state index in [1.165, 1.54) is 0 Å². The maximum Gasteiger partial charge on any atom is 0.257 e. The summed E-state index contributed by atoms with van der Waals surface area (Å²) >= 11 is 20.6. The molecule has 32 heavy (non-hydrogen) atoms. The Labute approximate surface area is 206 Å². The van der Waals surface area contributed by atoms with Gasteiger partial charge >= 0.3 is 0 Å². The smallest absolute Gasteiger partial charge is 0.222 e. The second kappa shape index (κ2) is 10.9. The third-order valence-electron chi connectivity index (χ3n) is 4.24. The molecule has 164 valence electrons. The molecule has 4 aromatic rings. The number of hydrogen-bond acceptors (Lipinski definition) is 4. The van der Waals surface area contributed by atoms with E-state index in [1.54, 1.807) is 11.3 Å². The van der Waals surface area contributed by atoms with Crippen LogP contribution < -0.4 is 18.6 Å². The van der Waals surface area contributed by atoms with Crippen molar-refractivity contribution < 1.29 is 28.9 Å². The summed E-state index contributed by atoms with van der Waals surface area (Å²) < 4.78 is 34.0. The predicted octanol–water partition coefficient (Wildman–Crippen LogP) is 4.23. The molecular formula is C23H14Cl4O4S. The van der Waals surface area contributed by atoms with Crippen LogP contribution >= 0.6 is 46.1 Å². The fourth-order valence-electron chi connectivity index (χ4n) is 2.87. The zero-order valence-corrected chi connectivity index (χ0v) is 20.0. The van der Waals surface area contributed by atoms with E-state index in [1.807, 2.05) is 66.7 Å². The second-order valence-corrected chi connectivity index (χ2v) is 9.48. The highest BCUT2D eigenvalue weighted by atomic mass is 35.7. The molecule has 1 heterocycles. The highest BCUT2D eigenvalue weighted by Crippen LogP contribution is 2.44. The summed E-state index contributed by atoms with van der Waals surface area (Å²) in [6.07, 6.45) is 0. The van der Waals surface area contributed by atoms with E-state index < -0.39 is 10.2 Å². The van der Waals surface area contributed by atoms with Crippen LogP contribution in [0.3, 0.4) is 0 Å². The molecule has 0 amide bonds. The second-order valence-electron chi connectivity index (χ2n) is 6.43. The van der Waals surface area contributed by atoms with Crippen molar-refractivity contribution in [3.63, 3.8) is 0 Å². The van der Waals surface area contributed by atoms with Crippen molar-refractivity contribution >= 4 is 46.1 Å². The third kappa shape index (κ3) is 7.12. The molecule has 4 rings (SSSR count). The predicted molar refractivity (Wildman–Crippen MR) is 120 cm³/mol. The molecule has 0 aliphatic heterocycles. The molecule has 0 saturated heterocycles. The zero-order chi connectivity index (χ0) is 23.3. The Morgan fingerprint density at radius 2 is 1.06 bits per heavy atom. The summed E-state index contributed by atoms with van der Waals surface area (Å²) in [5, 5.41) is 2.17. The first kappa shape index (κ1) is 24.9. The van der Waals surface area contributed by atoms with E-state index in [4.69, 9.17) is 53.4 Å². The summed E-state index contributed by atoms with van der Waals surface area (Å²) in [6, 6.07) is 28.0. The Hall–Kier alpha value is -1.77. The van der Waals surface area contributed by atoms with E-state index in [0.717, 1.165) is 42.1 Å². The van der Waals surface area contributed by atoms with Gasteiger partial charge < -0.3 is 0 Å². The average Bonchev–Trinajstić information content (AvgIpc) is 2.75. The lowest BCUT2D eigenvalue weighted by atomic mass is 10.0. The molecule has 0 saturated carbocycles. The van der Waals surface area contributed by atoms with E-state index in [2.05, 4.69) is 18.2 Å². The molecule has 3 aromatic carbocycles. The van der Waals surface area contributed by atoms with Gasteiger partial charge in [0.1, 0.15) is 5.02 Å².